The molecule has 0 rings (SSSR count). The molecular weight excluding hydrogens is 188 g/mol. The SMILES string of the molecule is [C-]#[N+]CCNCCCCCNCCC#N. The maximum absolute atomic E-state index is 8.29. The van der Waals surface area contributed by atoms with Crippen molar-refractivity contribution < 1.29 is 0 Å². The first kappa shape index (κ1) is 13.9. The third-order valence-electron chi connectivity index (χ3n) is 2.02. The lowest BCUT2D eigenvalue weighted by Gasteiger charge is -2.02. The second-order valence-corrected chi connectivity index (χ2v) is 3.35. The van der Waals surface area contributed by atoms with Gasteiger partial charge < -0.3 is 15.5 Å². The van der Waals surface area contributed by atoms with Crippen molar-refractivity contribution in [2.75, 3.05) is 32.7 Å². The van der Waals surface area contributed by atoms with Gasteiger partial charge >= 0.3 is 0 Å². The highest BCUT2D eigenvalue weighted by atomic mass is 14.9. The van der Waals surface area contributed by atoms with Gasteiger partial charge in [0.05, 0.1) is 12.6 Å². The van der Waals surface area contributed by atoms with Crippen LogP contribution in [0.4, 0.5) is 0 Å². The predicted octanol–water partition coefficient (Wildman–Crippen LogP) is 1.17. The van der Waals surface area contributed by atoms with Crippen LogP contribution in [0.15, 0.2) is 0 Å². The number of hydrogen-bond donors (Lipinski definition) is 2. The molecule has 0 aromatic rings. The van der Waals surface area contributed by atoms with E-state index in [1.165, 1.54) is 6.42 Å². The Balaban J connectivity index is 2.88. The monoisotopic (exact) mass is 208 g/mol. The standard InChI is InChI=1S/C11H20N4/c1-13-10-11-15-8-4-2-3-7-14-9-5-6-12/h14-15H,2-5,7-11H2. The largest absolute Gasteiger partial charge is 0.316 e. The van der Waals surface area contributed by atoms with Crippen LogP contribution in [0.25, 0.3) is 4.85 Å². The Morgan fingerprint density at radius 3 is 2.27 bits per heavy atom. The first-order valence-corrected chi connectivity index (χ1v) is 5.53. The molecule has 0 aliphatic heterocycles. The smallest absolute Gasteiger partial charge is 0.226 e. The summed E-state index contributed by atoms with van der Waals surface area (Å²) >= 11 is 0. The molecular formula is C11H20N4. The molecule has 0 bridgehead atoms. The van der Waals surface area contributed by atoms with Crippen LogP contribution in [0.1, 0.15) is 25.7 Å². The van der Waals surface area contributed by atoms with Crippen LogP contribution >= 0.6 is 0 Å². The Hall–Kier alpha value is -1.10. The molecule has 0 radical (unpaired) electrons. The molecule has 84 valence electrons. The lowest BCUT2D eigenvalue weighted by atomic mass is 10.2. The van der Waals surface area contributed by atoms with Crippen LogP contribution in [0.3, 0.4) is 0 Å². The van der Waals surface area contributed by atoms with Crippen LogP contribution in [-0.4, -0.2) is 32.7 Å². The van der Waals surface area contributed by atoms with Gasteiger partial charge in [-0.1, -0.05) is 6.42 Å². The Kier molecular flexibility index (Phi) is 12.0. The highest BCUT2D eigenvalue weighted by molar-refractivity contribution is 4.69. The van der Waals surface area contributed by atoms with Crippen molar-refractivity contribution in [3.63, 3.8) is 0 Å². The highest BCUT2D eigenvalue weighted by Gasteiger charge is 1.91. The van der Waals surface area contributed by atoms with Gasteiger partial charge in [0.25, 0.3) is 0 Å². The molecule has 0 amide bonds. The van der Waals surface area contributed by atoms with Gasteiger partial charge in [-0.05, 0) is 25.9 Å². The molecule has 2 N–H and O–H groups in total. The number of hydrogen-bond acceptors (Lipinski definition) is 3. The molecule has 0 aliphatic rings. The molecule has 0 unspecified atom stereocenters. The molecule has 0 spiro atoms. The van der Waals surface area contributed by atoms with Crippen molar-refractivity contribution in [2.24, 2.45) is 0 Å². The number of nitrogens with zero attached hydrogens (tertiary/aromatic N) is 2. The van der Waals surface area contributed by atoms with E-state index in [-0.39, 0.29) is 0 Å². The lowest BCUT2D eigenvalue weighted by molar-refractivity contribution is 0.581. The van der Waals surface area contributed by atoms with E-state index < -0.39 is 0 Å². The van der Waals surface area contributed by atoms with Gasteiger partial charge in [0.15, 0.2) is 0 Å². The van der Waals surface area contributed by atoms with E-state index >= 15 is 0 Å². The van der Waals surface area contributed by atoms with Crippen LogP contribution in [0.2, 0.25) is 0 Å². The maximum atomic E-state index is 8.29. The Morgan fingerprint density at radius 2 is 1.67 bits per heavy atom. The van der Waals surface area contributed by atoms with Crippen LogP contribution in [0, 0.1) is 17.9 Å². The van der Waals surface area contributed by atoms with E-state index in [9.17, 15) is 0 Å². The van der Waals surface area contributed by atoms with Gasteiger partial charge in [0.1, 0.15) is 0 Å². The fourth-order valence-corrected chi connectivity index (χ4v) is 1.21. The van der Waals surface area contributed by atoms with Crippen molar-refractivity contribution >= 4 is 0 Å². The summed E-state index contributed by atoms with van der Waals surface area (Å²) in [5.41, 5.74) is 0. The quantitative estimate of drug-likeness (QED) is 0.418. The van der Waals surface area contributed by atoms with Crippen molar-refractivity contribution in [3.05, 3.63) is 11.4 Å². The van der Waals surface area contributed by atoms with Gasteiger partial charge in [-0.25, -0.2) is 6.57 Å². The van der Waals surface area contributed by atoms with E-state index in [4.69, 9.17) is 11.8 Å². The van der Waals surface area contributed by atoms with Crippen molar-refractivity contribution in [1.82, 2.24) is 10.6 Å². The van der Waals surface area contributed by atoms with Crippen molar-refractivity contribution in [1.29, 1.82) is 5.26 Å². The zero-order valence-corrected chi connectivity index (χ0v) is 9.26. The van der Waals surface area contributed by atoms with E-state index in [1.54, 1.807) is 0 Å². The van der Waals surface area contributed by atoms with Gasteiger partial charge in [0, 0.05) is 13.0 Å². The average Bonchev–Trinajstić information content (AvgIpc) is 2.26. The third-order valence-corrected chi connectivity index (χ3v) is 2.02. The van der Waals surface area contributed by atoms with E-state index in [2.05, 4.69) is 21.5 Å². The van der Waals surface area contributed by atoms with Gasteiger partial charge in [-0.15, -0.1) is 0 Å². The normalized spacial score (nSPS) is 9.47. The van der Waals surface area contributed by atoms with Crippen LogP contribution in [-0.2, 0) is 0 Å². The van der Waals surface area contributed by atoms with Crippen LogP contribution in [0.5, 0.6) is 0 Å². The fraction of sp³-hybridized carbons (Fsp3) is 0.818. The fourth-order valence-electron chi connectivity index (χ4n) is 1.21. The first-order valence-electron chi connectivity index (χ1n) is 5.53. The topological polar surface area (TPSA) is 52.2 Å². The number of nitrogens with one attached hydrogen (secondary N) is 2. The zero-order valence-electron chi connectivity index (χ0n) is 9.26. The summed E-state index contributed by atoms with van der Waals surface area (Å²) in [6, 6.07) is 2.10. The molecule has 4 heteroatoms. The minimum absolute atomic E-state index is 0.579. The second-order valence-electron chi connectivity index (χ2n) is 3.35. The van der Waals surface area contributed by atoms with Gasteiger partial charge in [-0.3, -0.25) is 0 Å². The minimum Gasteiger partial charge on any atom is -0.316 e. The molecule has 0 atom stereocenters. The summed E-state index contributed by atoms with van der Waals surface area (Å²) in [4.78, 5) is 3.26. The zero-order chi connectivity index (χ0) is 11.2. The first-order chi connectivity index (χ1) is 7.41. The van der Waals surface area contributed by atoms with Crippen LogP contribution < -0.4 is 10.6 Å². The molecule has 0 heterocycles. The summed E-state index contributed by atoms with van der Waals surface area (Å²) in [5, 5.41) is 14.7. The second kappa shape index (κ2) is 12.9. The predicted molar refractivity (Wildman–Crippen MR) is 61.3 cm³/mol. The van der Waals surface area contributed by atoms with E-state index in [0.717, 1.165) is 39.0 Å². The Morgan fingerprint density at radius 1 is 1.00 bits per heavy atom. The summed E-state index contributed by atoms with van der Waals surface area (Å²) in [6.45, 7) is 10.8. The summed E-state index contributed by atoms with van der Waals surface area (Å²) in [7, 11) is 0. The van der Waals surface area contributed by atoms with Gasteiger partial charge in [-0.2, -0.15) is 5.26 Å². The van der Waals surface area contributed by atoms with E-state index in [1.807, 2.05) is 0 Å². The molecule has 0 aromatic carbocycles. The third kappa shape index (κ3) is 12.9. The average molecular weight is 208 g/mol. The molecule has 0 fully saturated rings. The number of nitriles is 1. The Labute approximate surface area is 92.5 Å². The Bertz CT molecular complexity index is 180. The van der Waals surface area contributed by atoms with Crippen molar-refractivity contribution in [3.8, 4) is 6.07 Å². The van der Waals surface area contributed by atoms with E-state index in [0.29, 0.717) is 13.0 Å². The summed E-state index contributed by atoms with van der Waals surface area (Å²) in [5.74, 6) is 0. The molecule has 0 saturated carbocycles. The summed E-state index contributed by atoms with van der Waals surface area (Å²) in [6.07, 6.45) is 4.12. The molecule has 0 aromatic heterocycles. The maximum Gasteiger partial charge on any atom is 0.226 e. The number of unbranched alkanes of at least 4 members (excludes halogenated alkanes) is 2. The summed E-state index contributed by atoms with van der Waals surface area (Å²) < 4.78 is 0. The molecule has 0 aliphatic carbocycles. The minimum atomic E-state index is 0.579. The number of rotatable bonds is 10. The lowest BCUT2D eigenvalue weighted by Crippen LogP contribution is -2.19. The molecule has 15 heavy (non-hydrogen) atoms. The highest BCUT2D eigenvalue weighted by Crippen LogP contribution is 1.92. The molecule has 4 nitrogen and oxygen atoms in total. The molecule has 0 saturated heterocycles. The van der Waals surface area contributed by atoms with Gasteiger partial charge in [0.2, 0.25) is 6.54 Å². The van der Waals surface area contributed by atoms with Crippen molar-refractivity contribution in [2.45, 2.75) is 25.7 Å².